The number of carbonyl (C=O) groups excluding carboxylic acids is 1. The van der Waals surface area contributed by atoms with Crippen molar-refractivity contribution in [3.63, 3.8) is 0 Å². The predicted octanol–water partition coefficient (Wildman–Crippen LogP) is 0.866. The van der Waals surface area contributed by atoms with Crippen LogP contribution in [0.3, 0.4) is 0 Å². The number of rotatable bonds is 3. The van der Waals surface area contributed by atoms with E-state index in [-0.39, 0.29) is 5.69 Å². The SMILES string of the molecule is O=C(Nc1ccc(-n2cncn2)nc1)C(F)F. The fraction of sp³-hybridized carbons (Fsp3) is 0.111. The Morgan fingerprint density at radius 3 is 2.76 bits per heavy atom. The van der Waals surface area contributed by atoms with Gasteiger partial charge in [0.05, 0.1) is 11.9 Å². The Bertz CT molecular complexity index is 497. The van der Waals surface area contributed by atoms with Crippen molar-refractivity contribution >= 4 is 11.6 Å². The second kappa shape index (κ2) is 4.64. The number of aromatic nitrogens is 4. The van der Waals surface area contributed by atoms with E-state index in [1.165, 1.54) is 35.7 Å². The van der Waals surface area contributed by atoms with Gasteiger partial charge >= 0.3 is 6.43 Å². The van der Waals surface area contributed by atoms with E-state index in [1.807, 2.05) is 5.32 Å². The second-order valence-electron chi connectivity index (χ2n) is 3.04. The highest BCUT2D eigenvalue weighted by molar-refractivity contribution is 5.92. The molecule has 88 valence electrons. The van der Waals surface area contributed by atoms with E-state index in [2.05, 4.69) is 15.1 Å². The van der Waals surface area contributed by atoms with Gasteiger partial charge in [-0.2, -0.15) is 13.9 Å². The Kier molecular flexibility index (Phi) is 3.03. The highest BCUT2D eigenvalue weighted by Gasteiger charge is 2.14. The molecule has 2 rings (SSSR count). The van der Waals surface area contributed by atoms with Gasteiger partial charge in [-0.1, -0.05) is 0 Å². The summed E-state index contributed by atoms with van der Waals surface area (Å²) in [6.45, 7) is 0. The lowest BCUT2D eigenvalue weighted by Gasteiger charge is -2.04. The molecule has 0 saturated carbocycles. The quantitative estimate of drug-likeness (QED) is 0.862. The van der Waals surface area contributed by atoms with Crippen molar-refractivity contribution in [1.82, 2.24) is 19.7 Å². The van der Waals surface area contributed by atoms with Gasteiger partial charge in [-0.05, 0) is 12.1 Å². The van der Waals surface area contributed by atoms with E-state index in [0.717, 1.165) is 0 Å². The van der Waals surface area contributed by atoms with Crippen molar-refractivity contribution in [3.05, 3.63) is 31.0 Å². The first-order chi connectivity index (χ1) is 8.16. The number of alkyl halides is 2. The zero-order valence-electron chi connectivity index (χ0n) is 8.42. The van der Waals surface area contributed by atoms with Crippen molar-refractivity contribution in [2.75, 3.05) is 5.32 Å². The highest BCUT2D eigenvalue weighted by Crippen LogP contribution is 2.09. The lowest BCUT2D eigenvalue weighted by atomic mass is 10.4. The molecule has 6 nitrogen and oxygen atoms in total. The van der Waals surface area contributed by atoms with Crippen LogP contribution in [0.1, 0.15) is 0 Å². The van der Waals surface area contributed by atoms with Gasteiger partial charge in [0.1, 0.15) is 12.7 Å². The first kappa shape index (κ1) is 11.1. The Morgan fingerprint density at radius 2 is 2.24 bits per heavy atom. The van der Waals surface area contributed by atoms with E-state index < -0.39 is 12.3 Å². The molecule has 0 saturated heterocycles. The first-order valence-electron chi connectivity index (χ1n) is 4.57. The minimum absolute atomic E-state index is 0.194. The van der Waals surface area contributed by atoms with Crippen molar-refractivity contribution in [3.8, 4) is 5.82 Å². The molecule has 2 heterocycles. The zero-order chi connectivity index (χ0) is 12.3. The molecule has 8 heteroatoms. The summed E-state index contributed by atoms with van der Waals surface area (Å²) in [4.78, 5) is 18.4. The number of anilines is 1. The number of amides is 1. The molecule has 0 aliphatic rings. The average molecular weight is 239 g/mol. The van der Waals surface area contributed by atoms with Crippen molar-refractivity contribution in [2.45, 2.75) is 6.43 Å². The lowest BCUT2D eigenvalue weighted by Crippen LogP contribution is -2.20. The van der Waals surface area contributed by atoms with Crippen LogP contribution in [0.25, 0.3) is 5.82 Å². The van der Waals surface area contributed by atoms with Gasteiger partial charge in [-0.15, -0.1) is 0 Å². The molecule has 0 aromatic carbocycles. The molecule has 0 bridgehead atoms. The Balaban J connectivity index is 2.11. The van der Waals surface area contributed by atoms with Gasteiger partial charge in [-0.3, -0.25) is 4.79 Å². The number of hydrogen-bond donors (Lipinski definition) is 1. The van der Waals surface area contributed by atoms with Crippen LogP contribution in [0.15, 0.2) is 31.0 Å². The number of nitrogens with zero attached hydrogens (tertiary/aromatic N) is 4. The molecular weight excluding hydrogens is 232 g/mol. The third-order valence-corrected chi connectivity index (χ3v) is 1.87. The number of halogens is 2. The molecule has 0 aliphatic heterocycles. The largest absolute Gasteiger partial charge is 0.320 e. The average Bonchev–Trinajstić information content (AvgIpc) is 2.83. The van der Waals surface area contributed by atoms with Gasteiger partial charge in [0.2, 0.25) is 0 Å². The fourth-order valence-corrected chi connectivity index (χ4v) is 1.12. The van der Waals surface area contributed by atoms with E-state index in [1.54, 1.807) is 0 Å². The van der Waals surface area contributed by atoms with Crippen LogP contribution in [-0.2, 0) is 4.79 Å². The second-order valence-corrected chi connectivity index (χ2v) is 3.04. The van der Waals surface area contributed by atoms with Crippen LogP contribution in [0, 0.1) is 0 Å². The summed E-state index contributed by atoms with van der Waals surface area (Å²) < 4.78 is 25.3. The summed E-state index contributed by atoms with van der Waals surface area (Å²) in [5.41, 5.74) is 0.194. The van der Waals surface area contributed by atoms with Gasteiger partial charge in [0.15, 0.2) is 5.82 Å². The molecule has 0 fully saturated rings. The minimum atomic E-state index is -3.05. The summed E-state index contributed by atoms with van der Waals surface area (Å²) in [6.07, 6.45) is 0.996. The maximum atomic E-state index is 12.0. The Labute approximate surface area is 94.3 Å². The summed E-state index contributed by atoms with van der Waals surface area (Å²) >= 11 is 0. The van der Waals surface area contributed by atoms with Crippen LogP contribution in [0.2, 0.25) is 0 Å². The molecule has 1 N–H and O–H groups in total. The van der Waals surface area contributed by atoms with E-state index in [9.17, 15) is 13.6 Å². The van der Waals surface area contributed by atoms with E-state index in [4.69, 9.17) is 0 Å². The number of nitrogens with one attached hydrogen (secondary N) is 1. The van der Waals surface area contributed by atoms with Gasteiger partial charge in [0.25, 0.3) is 5.91 Å². The van der Waals surface area contributed by atoms with Crippen LogP contribution in [-0.4, -0.2) is 32.1 Å². The zero-order valence-corrected chi connectivity index (χ0v) is 8.42. The van der Waals surface area contributed by atoms with Crippen LogP contribution >= 0.6 is 0 Å². The number of pyridine rings is 1. The summed E-state index contributed by atoms with van der Waals surface area (Å²) in [5.74, 6) is -0.891. The van der Waals surface area contributed by atoms with Crippen molar-refractivity contribution < 1.29 is 13.6 Å². The lowest BCUT2D eigenvalue weighted by molar-refractivity contribution is -0.126. The van der Waals surface area contributed by atoms with Crippen LogP contribution < -0.4 is 5.32 Å². The van der Waals surface area contributed by atoms with E-state index in [0.29, 0.717) is 5.82 Å². The maximum absolute atomic E-state index is 12.0. The van der Waals surface area contributed by atoms with Crippen molar-refractivity contribution in [2.24, 2.45) is 0 Å². The molecule has 0 atom stereocenters. The molecule has 17 heavy (non-hydrogen) atoms. The molecule has 0 unspecified atom stereocenters. The standard InChI is InChI=1S/C9H7F2N5O/c10-8(11)9(17)15-6-1-2-7(13-3-6)16-5-12-4-14-16/h1-5,8H,(H,15,17). The smallest absolute Gasteiger partial charge is 0.315 e. The molecule has 0 radical (unpaired) electrons. The van der Waals surface area contributed by atoms with Crippen molar-refractivity contribution in [1.29, 1.82) is 0 Å². The van der Waals surface area contributed by atoms with E-state index >= 15 is 0 Å². The molecule has 1 amide bonds. The van der Waals surface area contributed by atoms with Gasteiger partial charge in [0, 0.05) is 0 Å². The number of carbonyl (C=O) groups is 1. The molecule has 0 spiro atoms. The topological polar surface area (TPSA) is 72.7 Å². The Morgan fingerprint density at radius 1 is 1.41 bits per heavy atom. The summed E-state index contributed by atoms with van der Waals surface area (Å²) in [5, 5.41) is 5.86. The maximum Gasteiger partial charge on any atom is 0.315 e. The molecule has 0 aliphatic carbocycles. The fourth-order valence-electron chi connectivity index (χ4n) is 1.12. The normalized spacial score (nSPS) is 10.5. The first-order valence-corrected chi connectivity index (χ1v) is 4.57. The Hall–Kier alpha value is -2.38. The van der Waals surface area contributed by atoms with Crippen LogP contribution in [0.4, 0.5) is 14.5 Å². The monoisotopic (exact) mass is 239 g/mol. The molecular formula is C9H7F2N5O. The highest BCUT2D eigenvalue weighted by atomic mass is 19.3. The third kappa shape index (κ3) is 2.60. The molecule has 2 aromatic rings. The van der Waals surface area contributed by atoms with Gasteiger partial charge < -0.3 is 5.32 Å². The predicted molar refractivity (Wildman–Crippen MR) is 53.8 cm³/mol. The van der Waals surface area contributed by atoms with Crippen LogP contribution in [0.5, 0.6) is 0 Å². The third-order valence-electron chi connectivity index (χ3n) is 1.87. The molecule has 2 aromatic heterocycles. The minimum Gasteiger partial charge on any atom is -0.320 e. The summed E-state index contributed by atoms with van der Waals surface area (Å²) in [6, 6.07) is 2.97. The van der Waals surface area contributed by atoms with Gasteiger partial charge in [-0.25, -0.2) is 14.6 Å². The summed E-state index contributed by atoms with van der Waals surface area (Å²) in [7, 11) is 0. The number of hydrogen-bond acceptors (Lipinski definition) is 4.